The second-order valence-corrected chi connectivity index (χ2v) is 5.67. The summed E-state index contributed by atoms with van der Waals surface area (Å²) >= 11 is 0. The average molecular weight is 325 g/mol. The fourth-order valence-electron chi connectivity index (χ4n) is 2.54. The van der Waals surface area contributed by atoms with Crippen molar-refractivity contribution in [1.29, 1.82) is 0 Å². The van der Waals surface area contributed by atoms with E-state index in [4.69, 9.17) is 4.74 Å². The second-order valence-electron chi connectivity index (χ2n) is 5.67. The molecule has 0 aliphatic carbocycles. The van der Waals surface area contributed by atoms with Gasteiger partial charge in [-0.1, -0.05) is 48.5 Å². The van der Waals surface area contributed by atoms with E-state index in [1.807, 2.05) is 61.5 Å². The SMILES string of the molecule is COC(=O)CCN(CCc1ccccc1)C(=O)c1ccccc1C. The first-order chi connectivity index (χ1) is 11.6. The summed E-state index contributed by atoms with van der Waals surface area (Å²) in [6.45, 7) is 2.84. The van der Waals surface area contributed by atoms with Crippen LogP contribution in [0.5, 0.6) is 0 Å². The predicted octanol–water partition coefficient (Wildman–Crippen LogP) is 3.24. The van der Waals surface area contributed by atoms with E-state index in [2.05, 4.69) is 0 Å². The van der Waals surface area contributed by atoms with Gasteiger partial charge in [-0.15, -0.1) is 0 Å². The molecule has 2 aromatic rings. The summed E-state index contributed by atoms with van der Waals surface area (Å²) in [5, 5.41) is 0. The molecular formula is C20H23NO3. The molecule has 0 N–H and O–H groups in total. The van der Waals surface area contributed by atoms with Crippen LogP contribution in [0, 0.1) is 6.92 Å². The third-order valence-corrected chi connectivity index (χ3v) is 3.99. The van der Waals surface area contributed by atoms with Crippen molar-refractivity contribution in [2.75, 3.05) is 20.2 Å². The van der Waals surface area contributed by atoms with Crippen LogP contribution in [0.4, 0.5) is 0 Å². The van der Waals surface area contributed by atoms with E-state index in [1.54, 1.807) is 4.90 Å². The van der Waals surface area contributed by atoms with Gasteiger partial charge in [-0.2, -0.15) is 0 Å². The maximum Gasteiger partial charge on any atom is 0.307 e. The highest BCUT2D eigenvalue weighted by Gasteiger charge is 2.18. The number of benzene rings is 2. The van der Waals surface area contributed by atoms with Crippen LogP contribution in [0.15, 0.2) is 54.6 Å². The van der Waals surface area contributed by atoms with E-state index in [-0.39, 0.29) is 18.3 Å². The zero-order valence-corrected chi connectivity index (χ0v) is 14.2. The van der Waals surface area contributed by atoms with Gasteiger partial charge < -0.3 is 9.64 Å². The second kappa shape index (κ2) is 8.87. The molecule has 24 heavy (non-hydrogen) atoms. The van der Waals surface area contributed by atoms with Gasteiger partial charge in [-0.05, 0) is 30.5 Å². The fraction of sp³-hybridized carbons (Fsp3) is 0.300. The molecule has 2 rings (SSSR count). The lowest BCUT2D eigenvalue weighted by Gasteiger charge is -2.23. The fourth-order valence-corrected chi connectivity index (χ4v) is 2.54. The van der Waals surface area contributed by atoms with Crippen molar-refractivity contribution < 1.29 is 14.3 Å². The summed E-state index contributed by atoms with van der Waals surface area (Å²) in [5.41, 5.74) is 2.78. The van der Waals surface area contributed by atoms with E-state index < -0.39 is 0 Å². The number of hydrogen-bond donors (Lipinski definition) is 0. The van der Waals surface area contributed by atoms with Gasteiger partial charge in [0.1, 0.15) is 0 Å². The van der Waals surface area contributed by atoms with Crippen LogP contribution in [0.2, 0.25) is 0 Å². The zero-order chi connectivity index (χ0) is 17.4. The number of carbonyl (C=O) groups excluding carboxylic acids is 2. The molecule has 0 radical (unpaired) electrons. The van der Waals surface area contributed by atoms with Crippen LogP contribution in [0.25, 0.3) is 0 Å². The predicted molar refractivity (Wildman–Crippen MR) is 93.9 cm³/mol. The highest BCUT2D eigenvalue weighted by atomic mass is 16.5. The van der Waals surface area contributed by atoms with Gasteiger partial charge >= 0.3 is 5.97 Å². The Balaban J connectivity index is 2.11. The molecule has 4 heteroatoms. The zero-order valence-electron chi connectivity index (χ0n) is 14.2. The van der Waals surface area contributed by atoms with Gasteiger partial charge in [-0.3, -0.25) is 9.59 Å². The summed E-state index contributed by atoms with van der Waals surface area (Å²) in [7, 11) is 1.36. The van der Waals surface area contributed by atoms with Crippen molar-refractivity contribution in [3.8, 4) is 0 Å². The number of esters is 1. The van der Waals surface area contributed by atoms with E-state index in [9.17, 15) is 9.59 Å². The number of methoxy groups -OCH3 is 1. The number of ether oxygens (including phenoxy) is 1. The summed E-state index contributed by atoms with van der Waals surface area (Å²) < 4.78 is 4.70. The van der Waals surface area contributed by atoms with Crippen molar-refractivity contribution >= 4 is 11.9 Å². The molecule has 0 spiro atoms. The number of amides is 1. The third-order valence-electron chi connectivity index (χ3n) is 3.99. The quantitative estimate of drug-likeness (QED) is 0.734. The molecule has 0 atom stereocenters. The summed E-state index contributed by atoms with van der Waals surface area (Å²) in [6, 6.07) is 17.5. The van der Waals surface area contributed by atoms with Gasteiger partial charge in [0, 0.05) is 18.7 Å². The monoisotopic (exact) mass is 325 g/mol. The lowest BCUT2D eigenvalue weighted by atomic mass is 10.1. The molecular weight excluding hydrogens is 302 g/mol. The minimum atomic E-state index is -0.308. The first kappa shape index (κ1) is 17.7. The highest BCUT2D eigenvalue weighted by molar-refractivity contribution is 5.95. The Hall–Kier alpha value is -2.62. The number of rotatable bonds is 7. The standard InChI is InChI=1S/C20H23NO3/c1-16-8-6-7-11-18(16)20(23)21(15-13-19(22)24-2)14-12-17-9-4-3-5-10-17/h3-11H,12-15H2,1-2H3. The minimum absolute atomic E-state index is 0.0482. The molecule has 0 aliphatic heterocycles. The Morgan fingerprint density at radius 1 is 0.958 bits per heavy atom. The largest absolute Gasteiger partial charge is 0.469 e. The van der Waals surface area contributed by atoms with Gasteiger partial charge in [-0.25, -0.2) is 0 Å². The number of aryl methyl sites for hydroxylation is 1. The first-order valence-electron chi connectivity index (χ1n) is 8.07. The Morgan fingerprint density at radius 3 is 2.29 bits per heavy atom. The lowest BCUT2D eigenvalue weighted by molar-refractivity contribution is -0.140. The number of nitrogens with zero attached hydrogens (tertiary/aromatic N) is 1. The Morgan fingerprint density at radius 2 is 1.62 bits per heavy atom. The van der Waals surface area contributed by atoms with Crippen LogP contribution < -0.4 is 0 Å². The molecule has 0 unspecified atom stereocenters. The van der Waals surface area contributed by atoms with Crippen LogP contribution in [-0.4, -0.2) is 37.0 Å². The number of hydrogen-bond acceptors (Lipinski definition) is 3. The van der Waals surface area contributed by atoms with E-state index in [0.717, 1.165) is 17.5 Å². The maximum atomic E-state index is 12.9. The van der Waals surface area contributed by atoms with E-state index in [1.165, 1.54) is 7.11 Å². The molecule has 4 nitrogen and oxygen atoms in total. The van der Waals surface area contributed by atoms with Crippen molar-refractivity contribution in [3.05, 3.63) is 71.3 Å². The van der Waals surface area contributed by atoms with Crippen LogP contribution in [0.3, 0.4) is 0 Å². The van der Waals surface area contributed by atoms with Crippen molar-refractivity contribution in [3.63, 3.8) is 0 Å². The van der Waals surface area contributed by atoms with Crippen LogP contribution in [0.1, 0.15) is 27.9 Å². The summed E-state index contributed by atoms with van der Waals surface area (Å²) in [4.78, 5) is 26.0. The average Bonchev–Trinajstić information content (AvgIpc) is 2.62. The summed E-state index contributed by atoms with van der Waals surface area (Å²) in [5.74, 6) is -0.356. The Bertz CT molecular complexity index is 682. The van der Waals surface area contributed by atoms with Gasteiger partial charge in [0.2, 0.25) is 0 Å². The van der Waals surface area contributed by atoms with Gasteiger partial charge in [0.05, 0.1) is 13.5 Å². The van der Waals surface area contributed by atoms with Crippen molar-refractivity contribution in [1.82, 2.24) is 4.90 Å². The normalized spacial score (nSPS) is 10.2. The van der Waals surface area contributed by atoms with E-state index in [0.29, 0.717) is 18.7 Å². The van der Waals surface area contributed by atoms with E-state index >= 15 is 0 Å². The van der Waals surface area contributed by atoms with Gasteiger partial charge in [0.15, 0.2) is 0 Å². The summed E-state index contributed by atoms with van der Waals surface area (Å²) in [6.07, 6.45) is 0.947. The smallest absolute Gasteiger partial charge is 0.307 e. The topological polar surface area (TPSA) is 46.6 Å². The molecule has 0 saturated heterocycles. The molecule has 0 saturated carbocycles. The lowest BCUT2D eigenvalue weighted by Crippen LogP contribution is -2.35. The molecule has 0 aromatic heterocycles. The molecule has 1 amide bonds. The molecule has 2 aromatic carbocycles. The minimum Gasteiger partial charge on any atom is -0.469 e. The van der Waals surface area contributed by atoms with Gasteiger partial charge in [0.25, 0.3) is 5.91 Å². The highest BCUT2D eigenvalue weighted by Crippen LogP contribution is 2.12. The van der Waals surface area contributed by atoms with Crippen LogP contribution >= 0.6 is 0 Å². The van der Waals surface area contributed by atoms with Crippen molar-refractivity contribution in [2.45, 2.75) is 19.8 Å². The molecule has 0 fully saturated rings. The molecule has 0 heterocycles. The molecule has 126 valence electrons. The molecule has 0 bridgehead atoms. The van der Waals surface area contributed by atoms with Crippen molar-refractivity contribution in [2.24, 2.45) is 0 Å². The Kier molecular flexibility index (Phi) is 6.55. The maximum absolute atomic E-state index is 12.9. The third kappa shape index (κ3) is 4.95. The number of carbonyl (C=O) groups is 2. The van der Waals surface area contributed by atoms with Crippen LogP contribution in [-0.2, 0) is 16.0 Å². The molecule has 0 aliphatic rings. The first-order valence-corrected chi connectivity index (χ1v) is 8.07. The Labute approximate surface area is 143 Å².